The summed E-state index contributed by atoms with van der Waals surface area (Å²) >= 11 is 13.1. The fourth-order valence-electron chi connectivity index (χ4n) is 7.24. The molecular weight excluding hydrogens is 877 g/mol. The Hall–Kier alpha value is -7.85. The Morgan fingerprint density at radius 2 is 1.29 bits per heavy atom. The van der Waals surface area contributed by atoms with Crippen LogP contribution >= 0.6 is 23.2 Å². The third-order valence-corrected chi connectivity index (χ3v) is 11.9. The Bertz CT molecular complexity index is 3300. The number of carbonyl (C=O) groups is 4. The van der Waals surface area contributed by atoms with Crippen molar-refractivity contribution in [1.29, 1.82) is 5.26 Å². The summed E-state index contributed by atoms with van der Waals surface area (Å²) in [7, 11) is 1.57. The van der Waals surface area contributed by atoms with Gasteiger partial charge in [-0.25, -0.2) is 19.9 Å². The molecule has 10 rings (SSSR count). The first-order chi connectivity index (χ1) is 31.4. The van der Waals surface area contributed by atoms with E-state index in [1.807, 2.05) is 0 Å². The number of aromatic amines is 2. The van der Waals surface area contributed by atoms with Crippen molar-refractivity contribution in [3.8, 4) is 40.2 Å². The standard InChI is InChI=1S/C45H33Cl2N11O7/c1-63-21-45(10-11-45)43(62)54-26-16-32-39(50-18-26)58-37(56-32)28-14-24(3-5-30(28)47)52-41(60)35-12-22(19-64-35)33-6-7-34(65-33)40(59)51-23-2-4-29(46)27(13-23)36-55-31-15-25(17-49-38(31)57-36)53-42(61)44(20-48)8-9-44/h2-7,12-19H,8-11,21H2,1H3,(H,51,59)(H,52,60)(H,53,61)(H,54,62)(H,49,55,57)(H,50,56,58). The molecule has 20 heteroatoms. The van der Waals surface area contributed by atoms with Crippen LogP contribution in [0.15, 0.2) is 94.2 Å². The van der Waals surface area contributed by atoms with E-state index in [-0.39, 0.29) is 29.1 Å². The summed E-state index contributed by atoms with van der Waals surface area (Å²) in [4.78, 5) is 76.3. The highest BCUT2D eigenvalue weighted by Gasteiger charge is 2.51. The molecule has 0 spiro atoms. The number of hydrogen-bond acceptors (Lipinski definition) is 12. The van der Waals surface area contributed by atoms with E-state index in [4.69, 9.17) is 36.8 Å². The van der Waals surface area contributed by atoms with Gasteiger partial charge < -0.3 is 44.8 Å². The van der Waals surface area contributed by atoms with Crippen LogP contribution in [0.4, 0.5) is 22.7 Å². The maximum atomic E-state index is 13.3. The van der Waals surface area contributed by atoms with Crippen molar-refractivity contribution in [2.75, 3.05) is 35.0 Å². The number of furan rings is 2. The normalized spacial score (nSPS) is 14.4. The van der Waals surface area contributed by atoms with Crippen molar-refractivity contribution >= 4 is 91.9 Å². The summed E-state index contributed by atoms with van der Waals surface area (Å²) < 4.78 is 16.7. The second kappa shape index (κ2) is 16.1. The number of benzene rings is 2. The van der Waals surface area contributed by atoms with Crippen molar-refractivity contribution in [3.05, 3.63) is 107 Å². The van der Waals surface area contributed by atoms with Gasteiger partial charge in [0.1, 0.15) is 29.1 Å². The molecule has 0 bridgehead atoms. The second-order valence-electron chi connectivity index (χ2n) is 15.8. The Morgan fingerprint density at radius 3 is 1.83 bits per heavy atom. The van der Waals surface area contributed by atoms with E-state index in [2.05, 4.69) is 57.2 Å². The molecule has 4 amide bonds. The number of H-pyrrole nitrogens is 2. The number of pyridine rings is 2. The molecular formula is C45H33Cl2N11O7. The first-order valence-electron chi connectivity index (χ1n) is 20.1. The van der Waals surface area contributed by atoms with Gasteiger partial charge in [0.2, 0.25) is 11.8 Å². The molecule has 2 fully saturated rings. The third kappa shape index (κ3) is 8.03. The molecule has 6 aromatic heterocycles. The minimum atomic E-state index is -0.990. The highest BCUT2D eigenvalue weighted by atomic mass is 35.5. The molecule has 6 heterocycles. The first-order valence-corrected chi connectivity index (χ1v) is 20.8. The molecule has 2 aromatic carbocycles. The highest BCUT2D eigenvalue weighted by Crippen LogP contribution is 2.47. The maximum absolute atomic E-state index is 13.3. The highest BCUT2D eigenvalue weighted by molar-refractivity contribution is 6.34. The van der Waals surface area contributed by atoms with E-state index >= 15 is 0 Å². The minimum Gasteiger partial charge on any atom is -0.458 e. The molecule has 8 aromatic rings. The zero-order valence-corrected chi connectivity index (χ0v) is 35.5. The van der Waals surface area contributed by atoms with Gasteiger partial charge in [-0.05, 0) is 86.3 Å². The fourth-order valence-corrected chi connectivity index (χ4v) is 7.65. The summed E-state index contributed by atoms with van der Waals surface area (Å²) in [6.07, 6.45) is 6.89. The van der Waals surface area contributed by atoms with E-state index in [1.165, 1.54) is 30.8 Å². The van der Waals surface area contributed by atoms with Gasteiger partial charge in [0.05, 0.1) is 68.5 Å². The van der Waals surface area contributed by atoms with Gasteiger partial charge in [-0.1, -0.05) is 23.2 Å². The number of hydrogen-bond donors (Lipinski definition) is 6. The number of carbonyl (C=O) groups excluding carboxylic acids is 4. The zero-order chi connectivity index (χ0) is 45.0. The van der Waals surface area contributed by atoms with Crippen LogP contribution in [0, 0.1) is 22.2 Å². The average Bonchev–Trinajstić information content (AvgIpc) is 3.92. The van der Waals surface area contributed by atoms with E-state index in [1.54, 1.807) is 61.7 Å². The predicted octanol–water partition coefficient (Wildman–Crippen LogP) is 8.83. The van der Waals surface area contributed by atoms with E-state index in [0.717, 1.165) is 12.8 Å². The van der Waals surface area contributed by atoms with Crippen LogP contribution in [-0.2, 0) is 14.3 Å². The number of fused-ring (bicyclic) bond motifs is 2. The summed E-state index contributed by atoms with van der Waals surface area (Å²) in [5.74, 6) is -0.603. The fraction of sp³-hybridized carbons (Fsp3) is 0.178. The molecule has 0 aliphatic heterocycles. The number of nitriles is 1. The molecule has 6 N–H and O–H groups in total. The SMILES string of the molecule is COCC1(C(=O)Nc2cnc3nc(-c4cc(NC(=O)c5cc(-c6ccc(C(=O)Nc7ccc(Cl)c(-c8nc9ncc(NC(=O)C%10(C#N)CC%10)cc9[nH]8)c7)o6)co5)ccc4Cl)[nH]c3c2)CC1. The molecule has 0 atom stereocenters. The lowest BCUT2D eigenvalue weighted by Crippen LogP contribution is -2.28. The van der Waals surface area contributed by atoms with Crippen molar-refractivity contribution in [1.82, 2.24) is 29.9 Å². The summed E-state index contributed by atoms with van der Waals surface area (Å²) in [5, 5.41) is 21.3. The molecule has 324 valence electrons. The van der Waals surface area contributed by atoms with Gasteiger partial charge in [-0.15, -0.1) is 0 Å². The number of methoxy groups -OCH3 is 1. The largest absolute Gasteiger partial charge is 0.458 e. The average molecular weight is 911 g/mol. The molecule has 0 radical (unpaired) electrons. The molecule has 2 saturated carbocycles. The van der Waals surface area contributed by atoms with Crippen LogP contribution in [-0.4, -0.2) is 67.2 Å². The Kier molecular flexibility index (Phi) is 10.2. The van der Waals surface area contributed by atoms with Crippen LogP contribution in [0.25, 0.3) is 56.4 Å². The van der Waals surface area contributed by atoms with Crippen molar-refractivity contribution in [2.24, 2.45) is 10.8 Å². The Balaban J connectivity index is 0.785. The molecule has 18 nitrogen and oxygen atoms in total. The lowest BCUT2D eigenvalue weighted by molar-refractivity contribution is -0.123. The van der Waals surface area contributed by atoms with Crippen molar-refractivity contribution in [2.45, 2.75) is 25.7 Å². The summed E-state index contributed by atoms with van der Waals surface area (Å²) in [5.41, 5.74) is 3.47. The predicted molar refractivity (Wildman–Crippen MR) is 239 cm³/mol. The summed E-state index contributed by atoms with van der Waals surface area (Å²) in [6.45, 7) is 0.350. The number of rotatable bonds is 13. The van der Waals surface area contributed by atoms with Crippen molar-refractivity contribution < 1.29 is 32.7 Å². The lowest BCUT2D eigenvalue weighted by atomic mass is 10.1. The molecule has 0 unspecified atom stereocenters. The van der Waals surface area contributed by atoms with E-state index < -0.39 is 22.6 Å². The Morgan fingerprint density at radius 1 is 0.723 bits per heavy atom. The van der Waals surface area contributed by atoms with Crippen molar-refractivity contribution in [3.63, 3.8) is 0 Å². The monoisotopic (exact) mass is 909 g/mol. The lowest BCUT2D eigenvalue weighted by Gasteiger charge is -2.13. The van der Waals surface area contributed by atoms with Gasteiger partial charge >= 0.3 is 0 Å². The van der Waals surface area contributed by atoms with Gasteiger partial charge in [0.15, 0.2) is 22.8 Å². The number of halogens is 2. The van der Waals surface area contributed by atoms with Crippen LogP contribution in [0.3, 0.4) is 0 Å². The zero-order valence-electron chi connectivity index (χ0n) is 34.0. The van der Waals surface area contributed by atoms with Gasteiger partial charge in [-0.2, -0.15) is 5.26 Å². The molecule has 2 aliphatic carbocycles. The number of amides is 4. The van der Waals surface area contributed by atoms with Crippen LogP contribution in [0.5, 0.6) is 0 Å². The second-order valence-corrected chi connectivity index (χ2v) is 16.7. The van der Waals surface area contributed by atoms with Gasteiger partial charge in [0, 0.05) is 35.7 Å². The number of aromatic nitrogens is 6. The van der Waals surface area contributed by atoms with E-state index in [9.17, 15) is 24.4 Å². The smallest absolute Gasteiger partial charge is 0.291 e. The Labute approximate surface area is 377 Å². The number of imidazole rings is 2. The molecule has 65 heavy (non-hydrogen) atoms. The van der Waals surface area contributed by atoms with Crippen LogP contribution in [0.2, 0.25) is 10.0 Å². The summed E-state index contributed by atoms with van der Waals surface area (Å²) in [6, 6.07) is 19.8. The number of nitrogens with one attached hydrogen (secondary N) is 6. The molecule has 0 saturated heterocycles. The van der Waals surface area contributed by atoms with E-state index in [0.29, 0.717) is 103 Å². The first kappa shape index (κ1) is 41.2. The number of anilines is 4. The third-order valence-electron chi connectivity index (χ3n) is 11.2. The molecule has 2 aliphatic rings. The topological polar surface area (TPSA) is 259 Å². The van der Waals surface area contributed by atoms with Gasteiger partial charge in [0.25, 0.3) is 11.8 Å². The van der Waals surface area contributed by atoms with Crippen LogP contribution < -0.4 is 21.3 Å². The maximum Gasteiger partial charge on any atom is 0.291 e. The van der Waals surface area contributed by atoms with Crippen LogP contribution in [0.1, 0.15) is 46.8 Å². The number of nitrogens with zero attached hydrogens (tertiary/aromatic N) is 5. The van der Waals surface area contributed by atoms with Gasteiger partial charge in [-0.3, -0.25) is 19.2 Å². The number of ether oxygens (including phenoxy) is 1. The quantitative estimate of drug-likeness (QED) is 0.0634. The minimum absolute atomic E-state index is 0.0141.